The number of aliphatic imine (C=N–C) groups is 1. The van der Waals surface area contributed by atoms with Gasteiger partial charge in [-0.05, 0) is 12.8 Å². The van der Waals surface area contributed by atoms with Crippen molar-refractivity contribution in [3.8, 4) is 0 Å². The molecule has 0 fully saturated rings. The molecule has 0 aliphatic rings. The summed E-state index contributed by atoms with van der Waals surface area (Å²) in [5.41, 5.74) is 0.987. The Kier molecular flexibility index (Phi) is 9.63. The van der Waals surface area contributed by atoms with Gasteiger partial charge in [0.25, 0.3) is 0 Å². The Morgan fingerprint density at radius 1 is 1.47 bits per heavy atom. The lowest BCUT2D eigenvalue weighted by molar-refractivity contribution is 0.371. The Hall–Kier alpha value is -0.790. The summed E-state index contributed by atoms with van der Waals surface area (Å²) in [5, 5.41) is 7.24. The topological polar surface area (TPSA) is 53.7 Å². The van der Waals surface area contributed by atoms with Crippen molar-refractivity contribution in [2.24, 2.45) is 4.99 Å². The molecule has 0 aliphatic heterocycles. The molecule has 0 saturated carbocycles. The van der Waals surface area contributed by atoms with Crippen LogP contribution in [-0.4, -0.2) is 36.7 Å². The molecule has 1 aromatic rings. The van der Waals surface area contributed by atoms with Crippen LogP contribution < -0.4 is 5.32 Å². The molecule has 1 heterocycles. The molecule has 1 aromatic heterocycles. The summed E-state index contributed by atoms with van der Waals surface area (Å²) in [5.74, 6) is 1.73. The second kappa shape index (κ2) is 10.1. The van der Waals surface area contributed by atoms with E-state index in [1.165, 1.54) is 12.8 Å². The van der Waals surface area contributed by atoms with Crippen LogP contribution in [0.3, 0.4) is 0 Å². The largest absolute Gasteiger partial charge is 0.359 e. The van der Waals surface area contributed by atoms with Gasteiger partial charge in [-0.2, -0.15) is 0 Å². The van der Waals surface area contributed by atoms with E-state index in [1.807, 2.05) is 13.1 Å². The Morgan fingerprint density at radius 2 is 2.21 bits per heavy atom. The number of halogens is 1. The van der Waals surface area contributed by atoms with Crippen LogP contribution in [0, 0.1) is 0 Å². The molecular weight excluding hydrogens is 355 g/mol. The van der Waals surface area contributed by atoms with Crippen molar-refractivity contribution in [2.75, 3.05) is 20.6 Å². The van der Waals surface area contributed by atoms with E-state index in [1.54, 1.807) is 7.05 Å². The monoisotopic (exact) mass is 380 g/mol. The summed E-state index contributed by atoms with van der Waals surface area (Å²) < 4.78 is 5.23. The Labute approximate surface area is 132 Å². The number of guanidine groups is 1. The molecule has 110 valence electrons. The van der Waals surface area contributed by atoms with Gasteiger partial charge in [-0.3, -0.25) is 4.99 Å². The maximum absolute atomic E-state index is 5.23. The predicted molar refractivity (Wildman–Crippen MR) is 89.0 cm³/mol. The van der Waals surface area contributed by atoms with Crippen LogP contribution in [0.15, 0.2) is 15.6 Å². The zero-order valence-corrected chi connectivity index (χ0v) is 14.6. The van der Waals surface area contributed by atoms with Gasteiger partial charge in [0.15, 0.2) is 11.7 Å². The molecule has 0 aliphatic carbocycles. The fourth-order valence-electron chi connectivity index (χ4n) is 1.66. The Morgan fingerprint density at radius 3 is 2.74 bits per heavy atom. The third-order valence-electron chi connectivity index (χ3n) is 2.81. The quantitative estimate of drug-likeness (QED) is 0.469. The van der Waals surface area contributed by atoms with E-state index in [-0.39, 0.29) is 24.0 Å². The molecule has 6 heteroatoms. The number of hydrogen-bond donors (Lipinski definition) is 1. The van der Waals surface area contributed by atoms with Crippen molar-refractivity contribution in [3.05, 3.63) is 17.5 Å². The fourth-order valence-corrected chi connectivity index (χ4v) is 1.66. The highest BCUT2D eigenvalue weighted by molar-refractivity contribution is 14.0. The molecule has 0 unspecified atom stereocenters. The van der Waals surface area contributed by atoms with Crippen LogP contribution >= 0.6 is 24.0 Å². The molecule has 1 N–H and O–H groups in total. The maximum atomic E-state index is 5.23. The van der Waals surface area contributed by atoms with Gasteiger partial charge in [-0.1, -0.05) is 25.4 Å². The van der Waals surface area contributed by atoms with E-state index >= 15 is 0 Å². The highest BCUT2D eigenvalue weighted by Crippen LogP contribution is 2.04. The van der Waals surface area contributed by atoms with Crippen LogP contribution in [0.25, 0.3) is 0 Å². The van der Waals surface area contributed by atoms with Crippen molar-refractivity contribution < 1.29 is 4.52 Å². The van der Waals surface area contributed by atoms with E-state index in [4.69, 9.17) is 4.52 Å². The summed E-state index contributed by atoms with van der Waals surface area (Å²) in [7, 11) is 3.84. The van der Waals surface area contributed by atoms with Crippen molar-refractivity contribution in [1.29, 1.82) is 0 Å². The van der Waals surface area contributed by atoms with Crippen molar-refractivity contribution in [1.82, 2.24) is 15.4 Å². The lowest BCUT2D eigenvalue weighted by Crippen LogP contribution is -2.38. The summed E-state index contributed by atoms with van der Waals surface area (Å²) >= 11 is 0. The zero-order valence-electron chi connectivity index (χ0n) is 12.3. The van der Waals surface area contributed by atoms with E-state index in [0.717, 1.165) is 30.4 Å². The average Bonchev–Trinajstić information content (AvgIpc) is 2.85. The summed E-state index contributed by atoms with van der Waals surface area (Å²) in [6, 6.07) is 1.98. The summed E-state index contributed by atoms with van der Waals surface area (Å²) in [6.07, 6.45) is 3.25. The first-order valence-corrected chi connectivity index (χ1v) is 6.57. The second-order valence-corrected chi connectivity index (χ2v) is 4.31. The molecule has 0 atom stereocenters. The van der Waals surface area contributed by atoms with Gasteiger partial charge < -0.3 is 14.7 Å². The van der Waals surface area contributed by atoms with Crippen LogP contribution in [0.5, 0.6) is 0 Å². The second-order valence-electron chi connectivity index (χ2n) is 4.31. The minimum Gasteiger partial charge on any atom is -0.359 e. The third kappa shape index (κ3) is 6.26. The van der Waals surface area contributed by atoms with Gasteiger partial charge in [0.05, 0.1) is 12.2 Å². The molecule has 1 rings (SSSR count). The minimum atomic E-state index is 0. The van der Waals surface area contributed by atoms with Crippen molar-refractivity contribution in [2.45, 2.75) is 39.7 Å². The first-order chi connectivity index (χ1) is 8.71. The molecule has 0 spiro atoms. The number of unbranched alkanes of at least 4 members (excludes halogenated alkanes) is 1. The van der Waals surface area contributed by atoms with Crippen LogP contribution in [0.4, 0.5) is 0 Å². The van der Waals surface area contributed by atoms with Gasteiger partial charge in [-0.25, -0.2) is 0 Å². The molecule has 19 heavy (non-hydrogen) atoms. The first-order valence-electron chi connectivity index (χ1n) is 6.57. The smallest absolute Gasteiger partial charge is 0.193 e. The average molecular weight is 380 g/mol. The van der Waals surface area contributed by atoms with Crippen LogP contribution in [0.2, 0.25) is 0 Å². The van der Waals surface area contributed by atoms with Crippen LogP contribution in [0.1, 0.15) is 38.1 Å². The fraction of sp³-hybridized carbons (Fsp3) is 0.692. The molecule has 0 aromatic carbocycles. The van der Waals surface area contributed by atoms with Gasteiger partial charge in [-0.15, -0.1) is 24.0 Å². The Bertz CT molecular complexity index is 378. The third-order valence-corrected chi connectivity index (χ3v) is 2.81. The standard InChI is InChI=1S/C13H24N4O.HI/c1-5-7-8-17(4)13(14-3)15-10-12-9-11(6-2)16-18-12;/h9H,5-8,10H2,1-4H3,(H,14,15);1H. The normalized spacial score (nSPS) is 11.1. The molecule has 0 bridgehead atoms. The van der Waals surface area contributed by atoms with Gasteiger partial charge in [0, 0.05) is 26.7 Å². The molecular formula is C13H25IN4O. The van der Waals surface area contributed by atoms with E-state index in [0.29, 0.717) is 6.54 Å². The molecule has 5 nitrogen and oxygen atoms in total. The lowest BCUT2D eigenvalue weighted by Gasteiger charge is -2.21. The number of aryl methyl sites for hydroxylation is 1. The Balaban J connectivity index is 0.00000324. The van der Waals surface area contributed by atoms with Crippen molar-refractivity contribution in [3.63, 3.8) is 0 Å². The highest BCUT2D eigenvalue weighted by atomic mass is 127. The maximum Gasteiger partial charge on any atom is 0.193 e. The molecule has 0 saturated heterocycles. The number of hydrogen-bond acceptors (Lipinski definition) is 3. The number of nitrogens with one attached hydrogen (secondary N) is 1. The van der Waals surface area contributed by atoms with Crippen LogP contribution in [-0.2, 0) is 13.0 Å². The van der Waals surface area contributed by atoms with E-state index in [9.17, 15) is 0 Å². The van der Waals surface area contributed by atoms with Gasteiger partial charge in [0.1, 0.15) is 0 Å². The van der Waals surface area contributed by atoms with Crippen molar-refractivity contribution >= 4 is 29.9 Å². The predicted octanol–water partition coefficient (Wildman–Crippen LogP) is 2.66. The first kappa shape index (κ1) is 18.2. The van der Waals surface area contributed by atoms with E-state index in [2.05, 4.69) is 34.2 Å². The SMILES string of the molecule is CCCCN(C)C(=NC)NCc1cc(CC)no1.I. The number of rotatable bonds is 6. The number of aromatic nitrogens is 1. The van der Waals surface area contributed by atoms with Gasteiger partial charge in [0.2, 0.25) is 0 Å². The number of nitrogens with zero attached hydrogens (tertiary/aromatic N) is 3. The highest BCUT2D eigenvalue weighted by Gasteiger charge is 2.07. The minimum absolute atomic E-state index is 0. The van der Waals surface area contributed by atoms with Gasteiger partial charge >= 0.3 is 0 Å². The lowest BCUT2D eigenvalue weighted by atomic mass is 10.3. The summed E-state index contributed by atoms with van der Waals surface area (Å²) in [6.45, 7) is 5.88. The zero-order chi connectivity index (χ0) is 13.4. The van der Waals surface area contributed by atoms with E-state index < -0.39 is 0 Å². The summed E-state index contributed by atoms with van der Waals surface area (Å²) in [4.78, 5) is 6.38. The molecule has 0 amide bonds. The molecule has 0 radical (unpaired) electrons.